The van der Waals surface area contributed by atoms with Crippen molar-refractivity contribution in [3.05, 3.63) is 29.8 Å². The molecule has 138 valence electrons. The van der Waals surface area contributed by atoms with Crippen molar-refractivity contribution in [3.8, 4) is 5.75 Å². The number of nitrogens with one attached hydrogen (secondary N) is 2. The molecule has 0 spiro atoms. The Labute approximate surface area is 164 Å². The van der Waals surface area contributed by atoms with Gasteiger partial charge >= 0.3 is 0 Å². The second-order valence-electron chi connectivity index (χ2n) is 6.83. The van der Waals surface area contributed by atoms with Gasteiger partial charge in [-0.2, -0.15) is 0 Å². The lowest BCUT2D eigenvalue weighted by atomic mass is 10.1. The van der Waals surface area contributed by atoms with Gasteiger partial charge in [0.2, 0.25) is 0 Å². The molecule has 2 N–H and O–H groups in total. The number of hydrogen-bond donors (Lipinski definition) is 2. The molecule has 5 nitrogen and oxygen atoms in total. The maximum Gasteiger partial charge on any atom is 0.191 e. The van der Waals surface area contributed by atoms with Crippen LogP contribution in [0.15, 0.2) is 29.3 Å². The second-order valence-corrected chi connectivity index (χ2v) is 6.83. The summed E-state index contributed by atoms with van der Waals surface area (Å²) in [7, 11) is 4.08. The molecular weight excluding hydrogens is 415 g/mol. The zero-order valence-corrected chi connectivity index (χ0v) is 18.2. The van der Waals surface area contributed by atoms with Gasteiger partial charge < -0.3 is 20.3 Å². The number of halogens is 1. The molecule has 0 saturated heterocycles. The molecule has 0 bridgehead atoms. The summed E-state index contributed by atoms with van der Waals surface area (Å²) in [6.45, 7) is 11.4. The van der Waals surface area contributed by atoms with Gasteiger partial charge in [-0.25, -0.2) is 4.99 Å². The molecule has 1 rings (SSSR count). The molecule has 6 heteroatoms. The van der Waals surface area contributed by atoms with Gasteiger partial charge in [-0.3, -0.25) is 0 Å². The molecule has 0 aromatic heterocycles. The van der Waals surface area contributed by atoms with Crippen LogP contribution < -0.4 is 15.4 Å². The standard InChI is InChI=1S/C18H32N4O.HI/c1-7-19-17(21-18(2,3)4)20-14-15-10-8-9-11-16(15)23-13-12-22(5)6;/h8-11H,7,12-14H2,1-6H3,(H2,19,20,21);1H. The summed E-state index contributed by atoms with van der Waals surface area (Å²) >= 11 is 0. The van der Waals surface area contributed by atoms with E-state index >= 15 is 0 Å². The van der Waals surface area contributed by atoms with E-state index in [1.54, 1.807) is 0 Å². The predicted molar refractivity (Wildman–Crippen MR) is 114 cm³/mol. The van der Waals surface area contributed by atoms with E-state index in [0.29, 0.717) is 13.2 Å². The maximum atomic E-state index is 5.89. The van der Waals surface area contributed by atoms with Gasteiger partial charge in [-0.05, 0) is 47.9 Å². The van der Waals surface area contributed by atoms with Crippen LogP contribution in [0.4, 0.5) is 0 Å². The highest BCUT2D eigenvalue weighted by molar-refractivity contribution is 14.0. The van der Waals surface area contributed by atoms with Crippen LogP contribution in [0.25, 0.3) is 0 Å². The third-order valence-electron chi connectivity index (χ3n) is 3.01. The van der Waals surface area contributed by atoms with Crippen molar-refractivity contribution in [3.63, 3.8) is 0 Å². The van der Waals surface area contributed by atoms with E-state index in [-0.39, 0.29) is 29.5 Å². The van der Waals surface area contributed by atoms with Gasteiger partial charge in [0, 0.05) is 24.2 Å². The summed E-state index contributed by atoms with van der Waals surface area (Å²) in [5.41, 5.74) is 1.07. The maximum absolute atomic E-state index is 5.89. The van der Waals surface area contributed by atoms with Crippen LogP contribution in [0.5, 0.6) is 5.75 Å². The molecule has 0 aliphatic rings. The third kappa shape index (κ3) is 9.97. The molecule has 0 atom stereocenters. The summed E-state index contributed by atoms with van der Waals surface area (Å²) in [5.74, 6) is 1.73. The fraction of sp³-hybridized carbons (Fsp3) is 0.611. The summed E-state index contributed by atoms with van der Waals surface area (Å²) < 4.78 is 5.89. The minimum Gasteiger partial charge on any atom is -0.492 e. The van der Waals surface area contributed by atoms with Crippen molar-refractivity contribution in [1.29, 1.82) is 0 Å². The molecule has 1 aromatic carbocycles. The van der Waals surface area contributed by atoms with Gasteiger partial charge in [0.1, 0.15) is 12.4 Å². The quantitative estimate of drug-likeness (QED) is 0.383. The van der Waals surface area contributed by atoms with Crippen LogP contribution in [0, 0.1) is 0 Å². The second kappa shape index (κ2) is 11.5. The molecule has 0 heterocycles. The third-order valence-corrected chi connectivity index (χ3v) is 3.01. The molecule has 0 radical (unpaired) electrons. The predicted octanol–water partition coefficient (Wildman–Crippen LogP) is 3.10. The van der Waals surface area contributed by atoms with Crippen molar-refractivity contribution in [2.24, 2.45) is 4.99 Å². The largest absolute Gasteiger partial charge is 0.492 e. The number of ether oxygens (including phenoxy) is 1. The number of para-hydroxylation sites is 1. The number of aliphatic imine (C=N–C) groups is 1. The minimum absolute atomic E-state index is 0. The first-order valence-corrected chi connectivity index (χ1v) is 8.23. The lowest BCUT2D eigenvalue weighted by Crippen LogP contribution is -2.47. The zero-order chi connectivity index (χ0) is 17.3. The van der Waals surface area contributed by atoms with Crippen LogP contribution in [0.1, 0.15) is 33.3 Å². The van der Waals surface area contributed by atoms with Crippen LogP contribution in [0.2, 0.25) is 0 Å². The number of guanidine groups is 1. The molecule has 0 amide bonds. The minimum atomic E-state index is -0.0251. The normalized spacial score (nSPS) is 11.9. The number of benzene rings is 1. The van der Waals surface area contributed by atoms with E-state index in [0.717, 1.165) is 30.4 Å². The molecule has 0 saturated carbocycles. The summed E-state index contributed by atoms with van der Waals surface area (Å²) in [6.07, 6.45) is 0. The van der Waals surface area contributed by atoms with Gasteiger partial charge in [-0.15, -0.1) is 24.0 Å². The molecule has 0 aliphatic carbocycles. The Kier molecular flexibility index (Phi) is 11.0. The van der Waals surface area contributed by atoms with Crippen molar-refractivity contribution in [2.75, 3.05) is 33.8 Å². The molecule has 1 aromatic rings. The first-order chi connectivity index (χ1) is 10.8. The highest BCUT2D eigenvalue weighted by Gasteiger charge is 2.12. The molecule has 0 fully saturated rings. The average molecular weight is 448 g/mol. The van der Waals surface area contributed by atoms with E-state index in [2.05, 4.69) is 54.3 Å². The van der Waals surface area contributed by atoms with E-state index in [1.165, 1.54) is 0 Å². The zero-order valence-electron chi connectivity index (χ0n) is 15.8. The molecule has 0 aliphatic heterocycles. The van der Waals surface area contributed by atoms with Crippen molar-refractivity contribution >= 4 is 29.9 Å². The number of rotatable bonds is 7. The van der Waals surface area contributed by atoms with E-state index in [1.807, 2.05) is 32.3 Å². The Morgan fingerprint density at radius 2 is 1.88 bits per heavy atom. The van der Waals surface area contributed by atoms with Gasteiger partial charge in [0.05, 0.1) is 6.54 Å². The fourth-order valence-corrected chi connectivity index (χ4v) is 1.94. The molecule has 24 heavy (non-hydrogen) atoms. The lowest BCUT2D eigenvalue weighted by molar-refractivity contribution is 0.259. The topological polar surface area (TPSA) is 48.9 Å². The fourth-order valence-electron chi connectivity index (χ4n) is 1.94. The first-order valence-electron chi connectivity index (χ1n) is 8.23. The summed E-state index contributed by atoms with van der Waals surface area (Å²) in [4.78, 5) is 6.79. The summed E-state index contributed by atoms with van der Waals surface area (Å²) in [5, 5.41) is 6.67. The van der Waals surface area contributed by atoms with Crippen LogP contribution >= 0.6 is 24.0 Å². The Bertz CT molecular complexity index is 498. The lowest BCUT2D eigenvalue weighted by Gasteiger charge is -2.23. The van der Waals surface area contributed by atoms with E-state index in [9.17, 15) is 0 Å². The van der Waals surface area contributed by atoms with E-state index in [4.69, 9.17) is 4.74 Å². The number of hydrogen-bond acceptors (Lipinski definition) is 3. The smallest absolute Gasteiger partial charge is 0.191 e. The van der Waals surface area contributed by atoms with Crippen LogP contribution in [0.3, 0.4) is 0 Å². The Morgan fingerprint density at radius 3 is 2.46 bits per heavy atom. The van der Waals surface area contributed by atoms with Crippen LogP contribution in [-0.2, 0) is 6.54 Å². The molecule has 0 unspecified atom stereocenters. The van der Waals surface area contributed by atoms with Crippen molar-refractivity contribution < 1.29 is 4.74 Å². The monoisotopic (exact) mass is 448 g/mol. The van der Waals surface area contributed by atoms with Crippen molar-refractivity contribution in [2.45, 2.75) is 39.8 Å². The van der Waals surface area contributed by atoms with Crippen LogP contribution in [-0.4, -0.2) is 50.2 Å². The highest BCUT2D eigenvalue weighted by Crippen LogP contribution is 2.18. The van der Waals surface area contributed by atoms with Gasteiger partial charge in [-0.1, -0.05) is 18.2 Å². The Morgan fingerprint density at radius 1 is 1.21 bits per heavy atom. The van der Waals surface area contributed by atoms with Gasteiger partial charge in [0.25, 0.3) is 0 Å². The van der Waals surface area contributed by atoms with Crippen molar-refractivity contribution in [1.82, 2.24) is 15.5 Å². The Hall–Kier alpha value is -1.02. The van der Waals surface area contributed by atoms with E-state index < -0.39 is 0 Å². The summed E-state index contributed by atoms with van der Waals surface area (Å²) in [6, 6.07) is 8.09. The number of nitrogens with zero attached hydrogens (tertiary/aromatic N) is 2. The SMILES string of the molecule is CCNC(=NCc1ccccc1OCCN(C)C)NC(C)(C)C.I. The first kappa shape index (κ1) is 23.0. The van der Waals surface area contributed by atoms with Gasteiger partial charge in [0.15, 0.2) is 5.96 Å². The number of likely N-dealkylation sites (N-methyl/N-ethyl adjacent to an activating group) is 1. The average Bonchev–Trinajstić information content (AvgIpc) is 2.44. The molecular formula is C18H33IN4O. The highest BCUT2D eigenvalue weighted by atomic mass is 127. The Balaban J connectivity index is 0.00000529.